The number of nitrogens with zero attached hydrogens (tertiary/aromatic N) is 5. The van der Waals surface area contributed by atoms with Gasteiger partial charge in [-0.15, -0.1) is 0 Å². The van der Waals surface area contributed by atoms with E-state index in [1.54, 1.807) is 24.8 Å². The zero-order chi connectivity index (χ0) is 19.5. The van der Waals surface area contributed by atoms with Gasteiger partial charge in [0.05, 0.1) is 16.7 Å². The van der Waals surface area contributed by atoms with Crippen LogP contribution < -0.4 is 0 Å². The molecule has 138 valence electrons. The molecule has 2 heterocycles. The van der Waals surface area contributed by atoms with Crippen molar-refractivity contribution in [2.45, 2.75) is 0 Å². The Bertz CT molecular complexity index is 1160. The summed E-state index contributed by atoms with van der Waals surface area (Å²) in [6, 6.07) is 15.5. The van der Waals surface area contributed by atoms with Gasteiger partial charge in [0, 0.05) is 49.4 Å². The summed E-state index contributed by atoms with van der Waals surface area (Å²) in [5.74, 6) is -0.0455. The molecule has 4 rings (SSSR count). The fourth-order valence-electron chi connectivity index (χ4n) is 2.96. The van der Waals surface area contributed by atoms with Crippen molar-refractivity contribution in [3.8, 4) is 16.9 Å². The van der Waals surface area contributed by atoms with Crippen LogP contribution in [0.3, 0.4) is 0 Å². The van der Waals surface area contributed by atoms with Crippen molar-refractivity contribution in [2.24, 2.45) is 0 Å². The monoisotopic (exact) mass is 369 g/mol. The molecular formula is C22H19N5O. The van der Waals surface area contributed by atoms with Crippen LogP contribution in [0, 0.1) is 0 Å². The molecule has 4 aromatic rings. The van der Waals surface area contributed by atoms with Gasteiger partial charge in [0.2, 0.25) is 0 Å². The van der Waals surface area contributed by atoms with Gasteiger partial charge in [-0.3, -0.25) is 9.36 Å². The standard InChI is InChI=1S/C22H19N5O/c1-26(2)11-9-22(28)17-6-7-21-20(13-17)25-15-27(21)18-5-3-4-16(12-18)19-8-10-23-14-24-19/h3-15H,1-2H3/b11-9+. The third-order valence-corrected chi connectivity index (χ3v) is 4.36. The van der Waals surface area contributed by atoms with Crippen LogP contribution in [0.2, 0.25) is 0 Å². The van der Waals surface area contributed by atoms with E-state index in [4.69, 9.17) is 0 Å². The fourth-order valence-corrected chi connectivity index (χ4v) is 2.96. The van der Waals surface area contributed by atoms with Crippen molar-refractivity contribution in [1.29, 1.82) is 0 Å². The maximum atomic E-state index is 12.3. The molecule has 2 aromatic carbocycles. The maximum Gasteiger partial charge on any atom is 0.187 e. The average molecular weight is 369 g/mol. The van der Waals surface area contributed by atoms with Gasteiger partial charge in [-0.05, 0) is 36.4 Å². The Labute approximate surface area is 162 Å². The maximum absolute atomic E-state index is 12.3. The van der Waals surface area contributed by atoms with Crippen molar-refractivity contribution in [3.63, 3.8) is 0 Å². The summed E-state index contributed by atoms with van der Waals surface area (Å²) in [5.41, 5.74) is 5.17. The van der Waals surface area contributed by atoms with Crippen LogP contribution in [0.4, 0.5) is 0 Å². The second-order valence-electron chi connectivity index (χ2n) is 6.61. The predicted octanol–water partition coefficient (Wildman–Crippen LogP) is 3.74. The van der Waals surface area contributed by atoms with Gasteiger partial charge in [0.15, 0.2) is 5.78 Å². The van der Waals surface area contributed by atoms with Crippen molar-refractivity contribution < 1.29 is 4.79 Å². The second-order valence-corrected chi connectivity index (χ2v) is 6.61. The van der Waals surface area contributed by atoms with Crippen molar-refractivity contribution in [2.75, 3.05) is 14.1 Å². The van der Waals surface area contributed by atoms with Crippen LogP contribution in [0.15, 0.2) is 79.7 Å². The number of ketones is 1. The number of carbonyl (C=O) groups is 1. The molecule has 0 unspecified atom stereocenters. The lowest BCUT2D eigenvalue weighted by atomic mass is 10.1. The Kier molecular flexibility index (Phi) is 4.68. The predicted molar refractivity (Wildman–Crippen MR) is 109 cm³/mol. The zero-order valence-electron chi connectivity index (χ0n) is 15.6. The van der Waals surface area contributed by atoms with Gasteiger partial charge in [0.25, 0.3) is 0 Å². The highest BCUT2D eigenvalue weighted by Crippen LogP contribution is 2.24. The van der Waals surface area contributed by atoms with Crippen LogP contribution in [-0.4, -0.2) is 44.3 Å². The molecule has 0 saturated carbocycles. The zero-order valence-corrected chi connectivity index (χ0v) is 15.6. The number of carbonyl (C=O) groups excluding carboxylic acids is 1. The van der Waals surface area contributed by atoms with Crippen LogP contribution >= 0.6 is 0 Å². The molecule has 0 aliphatic rings. The third kappa shape index (κ3) is 3.53. The molecule has 0 amide bonds. The molecule has 0 radical (unpaired) electrons. The topological polar surface area (TPSA) is 63.9 Å². The van der Waals surface area contributed by atoms with E-state index >= 15 is 0 Å². The van der Waals surface area contributed by atoms with Crippen LogP contribution in [0.1, 0.15) is 10.4 Å². The molecule has 0 saturated heterocycles. The fraction of sp³-hybridized carbons (Fsp3) is 0.0909. The Hall–Kier alpha value is -3.80. The number of benzene rings is 2. The smallest absolute Gasteiger partial charge is 0.187 e. The van der Waals surface area contributed by atoms with Gasteiger partial charge in [-0.2, -0.15) is 0 Å². The Morgan fingerprint density at radius 2 is 1.96 bits per heavy atom. The highest BCUT2D eigenvalue weighted by Gasteiger charge is 2.09. The van der Waals surface area contributed by atoms with Crippen LogP contribution in [0.25, 0.3) is 28.0 Å². The summed E-state index contributed by atoms with van der Waals surface area (Å²) in [6.45, 7) is 0. The third-order valence-electron chi connectivity index (χ3n) is 4.36. The Balaban J connectivity index is 1.70. The largest absolute Gasteiger partial charge is 0.383 e. The van der Waals surface area contributed by atoms with Crippen molar-refractivity contribution >= 4 is 16.8 Å². The Morgan fingerprint density at radius 1 is 1.07 bits per heavy atom. The lowest BCUT2D eigenvalue weighted by Gasteiger charge is -2.07. The number of allylic oxidation sites excluding steroid dienone is 1. The molecule has 0 aliphatic heterocycles. The minimum atomic E-state index is -0.0455. The molecule has 0 aliphatic carbocycles. The van der Waals surface area contributed by atoms with E-state index < -0.39 is 0 Å². The second kappa shape index (κ2) is 7.44. The molecule has 6 nitrogen and oxygen atoms in total. The van der Waals surface area contributed by atoms with Crippen molar-refractivity contribution in [1.82, 2.24) is 24.4 Å². The minimum Gasteiger partial charge on any atom is -0.383 e. The summed E-state index contributed by atoms with van der Waals surface area (Å²) in [4.78, 5) is 26.9. The molecule has 6 heteroatoms. The number of aromatic nitrogens is 4. The quantitative estimate of drug-likeness (QED) is 0.396. The van der Waals surface area contributed by atoms with Gasteiger partial charge in [0.1, 0.15) is 12.7 Å². The summed E-state index contributed by atoms with van der Waals surface area (Å²) >= 11 is 0. The van der Waals surface area contributed by atoms with Gasteiger partial charge >= 0.3 is 0 Å². The van der Waals surface area contributed by atoms with E-state index in [-0.39, 0.29) is 5.78 Å². The normalized spacial score (nSPS) is 11.2. The summed E-state index contributed by atoms with van der Waals surface area (Å²) in [7, 11) is 3.76. The number of fused-ring (bicyclic) bond motifs is 1. The highest BCUT2D eigenvalue weighted by atomic mass is 16.1. The molecule has 0 bridgehead atoms. The molecule has 28 heavy (non-hydrogen) atoms. The first-order valence-electron chi connectivity index (χ1n) is 8.85. The van der Waals surface area contributed by atoms with E-state index in [9.17, 15) is 4.79 Å². The first-order chi connectivity index (χ1) is 13.6. The lowest BCUT2D eigenvalue weighted by molar-refractivity contribution is 0.104. The van der Waals surface area contributed by atoms with Gasteiger partial charge < -0.3 is 4.90 Å². The highest BCUT2D eigenvalue weighted by molar-refractivity contribution is 6.06. The molecule has 0 N–H and O–H groups in total. The first kappa shape index (κ1) is 17.6. The molecule has 0 spiro atoms. The van der Waals surface area contributed by atoms with E-state index in [1.165, 1.54) is 6.33 Å². The van der Waals surface area contributed by atoms with E-state index in [0.29, 0.717) is 5.56 Å². The van der Waals surface area contributed by atoms with Crippen molar-refractivity contribution in [3.05, 3.63) is 85.2 Å². The average Bonchev–Trinajstić information content (AvgIpc) is 3.16. The first-order valence-corrected chi connectivity index (χ1v) is 8.85. The van der Waals surface area contributed by atoms with Crippen LogP contribution in [0.5, 0.6) is 0 Å². The van der Waals surface area contributed by atoms with E-state index in [1.807, 2.05) is 66.0 Å². The van der Waals surface area contributed by atoms with E-state index in [2.05, 4.69) is 21.0 Å². The SMILES string of the molecule is CN(C)/C=C/C(=O)c1ccc2c(c1)ncn2-c1cccc(-c2ccncn2)c1. The van der Waals surface area contributed by atoms with Gasteiger partial charge in [-0.25, -0.2) is 15.0 Å². The molecule has 2 aromatic heterocycles. The number of hydrogen-bond acceptors (Lipinski definition) is 5. The van der Waals surface area contributed by atoms with E-state index in [0.717, 1.165) is 28.0 Å². The summed E-state index contributed by atoms with van der Waals surface area (Å²) < 4.78 is 2.00. The lowest BCUT2D eigenvalue weighted by Crippen LogP contribution is -2.03. The number of hydrogen-bond donors (Lipinski definition) is 0. The van der Waals surface area contributed by atoms with Crippen LogP contribution in [-0.2, 0) is 0 Å². The Morgan fingerprint density at radius 3 is 2.75 bits per heavy atom. The summed E-state index contributed by atoms with van der Waals surface area (Å²) in [5, 5.41) is 0. The summed E-state index contributed by atoms with van der Waals surface area (Å²) in [6.07, 6.45) is 8.34. The van der Waals surface area contributed by atoms with Gasteiger partial charge in [-0.1, -0.05) is 12.1 Å². The molecule has 0 atom stereocenters. The number of rotatable bonds is 5. The number of imidazole rings is 1. The minimum absolute atomic E-state index is 0.0455. The molecule has 0 fully saturated rings. The molecular weight excluding hydrogens is 350 g/mol.